The predicted molar refractivity (Wildman–Crippen MR) is 86.8 cm³/mol. The maximum atomic E-state index is 3.49. The molecule has 1 N–H and O–H groups in total. The minimum Gasteiger partial charge on any atom is -0.346 e. The van der Waals surface area contributed by atoms with Gasteiger partial charge in [-0.1, -0.05) is 46.3 Å². The van der Waals surface area contributed by atoms with Gasteiger partial charge in [0.25, 0.3) is 0 Å². The van der Waals surface area contributed by atoms with Crippen LogP contribution in [-0.2, 0) is 0 Å². The molecular formula is C16H10BrNS. The van der Waals surface area contributed by atoms with Gasteiger partial charge in [0.2, 0.25) is 0 Å². The van der Waals surface area contributed by atoms with E-state index in [2.05, 4.69) is 75.5 Å². The van der Waals surface area contributed by atoms with Crippen molar-refractivity contribution in [3.63, 3.8) is 0 Å². The van der Waals surface area contributed by atoms with Crippen LogP contribution in [0.3, 0.4) is 0 Å². The Bertz CT molecular complexity index is 871. The van der Waals surface area contributed by atoms with E-state index in [4.69, 9.17) is 0 Å². The number of hydrogen-bond donors (Lipinski definition) is 1. The van der Waals surface area contributed by atoms with Gasteiger partial charge in [0, 0.05) is 25.6 Å². The fourth-order valence-corrected chi connectivity index (χ4v) is 3.74. The first-order valence-corrected chi connectivity index (χ1v) is 7.68. The molecule has 0 spiro atoms. The average molecular weight is 328 g/mol. The van der Waals surface area contributed by atoms with E-state index in [0.717, 1.165) is 4.47 Å². The molecule has 1 nitrogen and oxygen atoms in total. The number of aromatic amines is 1. The first-order chi connectivity index (χ1) is 9.31. The molecule has 2 aromatic heterocycles. The van der Waals surface area contributed by atoms with Gasteiger partial charge < -0.3 is 4.98 Å². The van der Waals surface area contributed by atoms with Crippen LogP contribution in [-0.4, -0.2) is 4.98 Å². The molecule has 19 heavy (non-hydrogen) atoms. The molecule has 0 saturated heterocycles. The molecule has 0 aliphatic rings. The third kappa shape index (κ3) is 1.81. The van der Waals surface area contributed by atoms with Crippen LogP contribution in [0.25, 0.3) is 31.6 Å². The van der Waals surface area contributed by atoms with Gasteiger partial charge in [-0.3, -0.25) is 0 Å². The zero-order valence-electron chi connectivity index (χ0n) is 9.98. The monoisotopic (exact) mass is 327 g/mol. The number of rotatable bonds is 1. The SMILES string of the molecule is Brc1ccc(-c2cc3c([nH]c4ccccc43)s2)cc1. The minimum absolute atomic E-state index is 1.11. The Hall–Kier alpha value is -1.58. The molecule has 0 bridgehead atoms. The lowest BCUT2D eigenvalue weighted by Crippen LogP contribution is -1.71. The summed E-state index contributed by atoms with van der Waals surface area (Å²) in [6, 6.07) is 19.2. The maximum Gasteiger partial charge on any atom is 0.101 e. The van der Waals surface area contributed by atoms with Crippen molar-refractivity contribution in [2.45, 2.75) is 0 Å². The van der Waals surface area contributed by atoms with Crippen LogP contribution < -0.4 is 0 Å². The lowest BCUT2D eigenvalue weighted by molar-refractivity contribution is 1.58. The fraction of sp³-hybridized carbons (Fsp3) is 0. The number of hydrogen-bond acceptors (Lipinski definition) is 1. The van der Waals surface area contributed by atoms with Gasteiger partial charge in [0.15, 0.2) is 0 Å². The van der Waals surface area contributed by atoms with Gasteiger partial charge in [0.05, 0.1) is 0 Å². The predicted octanol–water partition coefficient (Wildman–Crippen LogP) is 5.81. The molecule has 92 valence electrons. The standard InChI is InChI=1S/C16H10BrNS/c17-11-7-5-10(6-8-11)15-9-13-12-3-1-2-4-14(12)18-16(13)19-15/h1-9,18H. The van der Waals surface area contributed by atoms with Gasteiger partial charge in [-0.15, -0.1) is 11.3 Å². The summed E-state index contributed by atoms with van der Waals surface area (Å²) in [6.07, 6.45) is 0. The molecule has 0 aliphatic heterocycles. The van der Waals surface area contributed by atoms with Crippen molar-refractivity contribution >= 4 is 48.4 Å². The van der Waals surface area contributed by atoms with Crippen LogP contribution in [0.4, 0.5) is 0 Å². The smallest absolute Gasteiger partial charge is 0.101 e. The maximum absolute atomic E-state index is 3.49. The van der Waals surface area contributed by atoms with Crippen LogP contribution in [0.1, 0.15) is 0 Å². The van der Waals surface area contributed by atoms with E-state index < -0.39 is 0 Å². The minimum atomic E-state index is 1.11. The van der Waals surface area contributed by atoms with Gasteiger partial charge in [-0.2, -0.15) is 0 Å². The quantitative estimate of drug-likeness (QED) is 0.454. The Morgan fingerprint density at radius 2 is 1.68 bits per heavy atom. The molecule has 4 aromatic rings. The third-order valence-electron chi connectivity index (χ3n) is 3.33. The molecule has 0 atom stereocenters. The zero-order valence-corrected chi connectivity index (χ0v) is 12.4. The Morgan fingerprint density at radius 3 is 2.53 bits per heavy atom. The Balaban J connectivity index is 1.94. The summed E-state index contributed by atoms with van der Waals surface area (Å²) >= 11 is 5.29. The summed E-state index contributed by atoms with van der Waals surface area (Å²) in [7, 11) is 0. The summed E-state index contributed by atoms with van der Waals surface area (Å²) in [5.74, 6) is 0. The highest BCUT2D eigenvalue weighted by Gasteiger charge is 2.09. The molecule has 2 heterocycles. The summed E-state index contributed by atoms with van der Waals surface area (Å²) in [5.41, 5.74) is 2.48. The molecular weight excluding hydrogens is 318 g/mol. The van der Waals surface area contributed by atoms with E-state index in [1.807, 2.05) is 11.3 Å². The number of para-hydroxylation sites is 1. The summed E-state index contributed by atoms with van der Waals surface area (Å²) < 4.78 is 1.11. The first-order valence-electron chi connectivity index (χ1n) is 6.07. The van der Waals surface area contributed by atoms with E-state index >= 15 is 0 Å². The van der Waals surface area contributed by atoms with Crippen molar-refractivity contribution in [2.75, 3.05) is 0 Å². The van der Waals surface area contributed by atoms with Crippen molar-refractivity contribution in [2.24, 2.45) is 0 Å². The van der Waals surface area contributed by atoms with Crippen molar-refractivity contribution in [1.82, 2.24) is 4.98 Å². The molecule has 0 aliphatic carbocycles. The number of fused-ring (bicyclic) bond motifs is 3. The van der Waals surface area contributed by atoms with Gasteiger partial charge in [-0.25, -0.2) is 0 Å². The Kier molecular flexibility index (Phi) is 2.50. The van der Waals surface area contributed by atoms with E-state index in [1.54, 1.807) is 0 Å². The summed E-state index contributed by atoms with van der Waals surface area (Å²) in [4.78, 5) is 6.04. The van der Waals surface area contributed by atoms with Crippen molar-refractivity contribution in [3.05, 3.63) is 59.1 Å². The molecule has 0 radical (unpaired) electrons. The lowest BCUT2D eigenvalue weighted by atomic mass is 10.1. The highest BCUT2D eigenvalue weighted by Crippen LogP contribution is 2.37. The number of benzene rings is 2. The van der Waals surface area contributed by atoms with E-state index in [9.17, 15) is 0 Å². The van der Waals surface area contributed by atoms with E-state index in [-0.39, 0.29) is 0 Å². The summed E-state index contributed by atoms with van der Waals surface area (Å²) in [5, 5.41) is 2.62. The second-order valence-corrected chi connectivity index (χ2v) is 6.50. The third-order valence-corrected chi connectivity index (χ3v) is 4.95. The highest BCUT2D eigenvalue weighted by atomic mass is 79.9. The second-order valence-electron chi connectivity index (χ2n) is 4.53. The summed E-state index contributed by atoms with van der Waals surface area (Å²) in [6.45, 7) is 0. The topological polar surface area (TPSA) is 15.8 Å². The number of aromatic nitrogens is 1. The second kappa shape index (κ2) is 4.22. The van der Waals surface area contributed by atoms with Crippen LogP contribution in [0, 0.1) is 0 Å². The van der Waals surface area contributed by atoms with Gasteiger partial charge in [0.1, 0.15) is 4.83 Å². The van der Waals surface area contributed by atoms with Crippen molar-refractivity contribution < 1.29 is 0 Å². The van der Waals surface area contributed by atoms with Crippen LogP contribution in [0.5, 0.6) is 0 Å². The normalized spacial score (nSPS) is 11.4. The molecule has 0 fully saturated rings. The Labute approximate surface area is 123 Å². The van der Waals surface area contributed by atoms with Crippen LogP contribution in [0.15, 0.2) is 59.1 Å². The Morgan fingerprint density at radius 1 is 0.895 bits per heavy atom. The molecule has 2 aromatic carbocycles. The molecule has 0 amide bonds. The van der Waals surface area contributed by atoms with Crippen molar-refractivity contribution in [3.8, 4) is 10.4 Å². The van der Waals surface area contributed by atoms with Crippen LogP contribution >= 0.6 is 27.3 Å². The van der Waals surface area contributed by atoms with Gasteiger partial charge in [-0.05, 0) is 29.8 Å². The lowest BCUT2D eigenvalue weighted by Gasteiger charge is -1.96. The fourth-order valence-electron chi connectivity index (χ4n) is 2.39. The molecule has 3 heteroatoms. The molecule has 4 rings (SSSR count). The number of halogens is 1. The van der Waals surface area contributed by atoms with E-state index in [1.165, 1.54) is 31.6 Å². The molecule has 0 unspecified atom stereocenters. The number of nitrogens with one attached hydrogen (secondary N) is 1. The number of H-pyrrole nitrogens is 1. The zero-order chi connectivity index (χ0) is 12.8. The average Bonchev–Trinajstić information content (AvgIpc) is 2.97. The van der Waals surface area contributed by atoms with E-state index in [0.29, 0.717) is 0 Å². The largest absolute Gasteiger partial charge is 0.346 e. The van der Waals surface area contributed by atoms with Crippen LogP contribution in [0.2, 0.25) is 0 Å². The van der Waals surface area contributed by atoms with Gasteiger partial charge >= 0.3 is 0 Å². The van der Waals surface area contributed by atoms with Crippen molar-refractivity contribution in [1.29, 1.82) is 0 Å². The highest BCUT2D eigenvalue weighted by molar-refractivity contribution is 9.10. The molecule has 0 saturated carbocycles. The number of thiophene rings is 1. The first kappa shape index (κ1) is 11.3.